The summed E-state index contributed by atoms with van der Waals surface area (Å²) in [5, 5.41) is 3.76. The van der Waals surface area contributed by atoms with E-state index in [1.807, 2.05) is 36.4 Å². The number of methoxy groups -OCH3 is 4. The van der Waals surface area contributed by atoms with E-state index >= 15 is 0 Å². The summed E-state index contributed by atoms with van der Waals surface area (Å²) in [6.07, 6.45) is 0. The first-order valence-corrected chi connectivity index (χ1v) is 11.1. The van der Waals surface area contributed by atoms with E-state index in [0.29, 0.717) is 46.6 Å². The van der Waals surface area contributed by atoms with Gasteiger partial charge in [0.05, 0.1) is 40.2 Å². The SMILES string of the molecule is COc1ccc([C@H]2C(N=[N+]=[N-])C(=O)N2c2cc(OC)c(OC)c(OC)c2)cc1OCc1ccccc1. The molecule has 36 heavy (non-hydrogen) atoms. The van der Waals surface area contributed by atoms with Crippen molar-refractivity contribution < 1.29 is 28.5 Å². The highest BCUT2D eigenvalue weighted by molar-refractivity contribution is 6.06. The Morgan fingerprint density at radius 3 is 2.11 bits per heavy atom. The standard InChI is InChI=1S/C26H26N4O6/c1-32-19-11-10-17(12-20(19)36-15-16-8-6-5-7-9-16)24-23(28-29-27)26(31)30(24)18-13-21(33-2)25(35-4)22(14-18)34-3/h5-14,23-24H,15H2,1-4H3/t23?,24-/m0/s1. The molecular weight excluding hydrogens is 464 g/mol. The van der Waals surface area contributed by atoms with E-state index in [2.05, 4.69) is 10.0 Å². The summed E-state index contributed by atoms with van der Waals surface area (Å²) in [6.45, 7) is 0.334. The fraction of sp³-hybridized carbons (Fsp3) is 0.269. The Balaban J connectivity index is 1.73. The lowest BCUT2D eigenvalue weighted by Crippen LogP contribution is -2.58. The fourth-order valence-electron chi connectivity index (χ4n) is 4.19. The van der Waals surface area contributed by atoms with Crippen LogP contribution in [0.4, 0.5) is 5.69 Å². The average molecular weight is 491 g/mol. The van der Waals surface area contributed by atoms with Crippen LogP contribution in [0.3, 0.4) is 0 Å². The zero-order valence-electron chi connectivity index (χ0n) is 20.4. The third kappa shape index (κ3) is 4.54. The van der Waals surface area contributed by atoms with Crippen molar-refractivity contribution in [2.24, 2.45) is 5.11 Å². The Bertz CT molecular complexity index is 1270. The fourth-order valence-corrected chi connectivity index (χ4v) is 4.19. The minimum absolute atomic E-state index is 0.334. The first-order valence-electron chi connectivity index (χ1n) is 11.1. The van der Waals surface area contributed by atoms with Gasteiger partial charge in [0.2, 0.25) is 11.7 Å². The zero-order valence-corrected chi connectivity index (χ0v) is 20.4. The summed E-state index contributed by atoms with van der Waals surface area (Å²) in [5.41, 5.74) is 11.3. The van der Waals surface area contributed by atoms with E-state index in [1.165, 1.54) is 26.2 Å². The van der Waals surface area contributed by atoms with Gasteiger partial charge in [-0.3, -0.25) is 4.79 Å². The molecule has 0 spiro atoms. The van der Waals surface area contributed by atoms with Gasteiger partial charge < -0.3 is 28.6 Å². The first-order chi connectivity index (χ1) is 17.6. The van der Waals surface area contributed by atoms with Crippen LogP contribution >= 0.6 is 0 Å². The number of azide groups is 1. The van der Waals surface area contributed by atoms with Crippen molar-refractivity contribution in [2.75, 3.05) is 33.3 Å². The van der Waals surface area contributed by atoms with Crippen molar-refractivity contribution in [1.29, 1.82) is 0 Å². The number of ether oxygens (including phenoxy) is 5. The van der Waals surface area contributed by atoms with Gasteiger partial charge in [0, 0.05) is 17.0 Å². The molecule has 3 aromatic rings. The summed E-state index contributed by atoms with van der Waals surface area (Å²) in [7, 11) is 6.06. The highest BCUT2D eigenvalue weighted by atomic mass is 16.5. The lowest BCUT2D eigenvalue weighted by molar-refractivity contribution is -0.126. The lowest BCUT2D eigenvalue weighted by atomic mass is 9.88. The number of amides is 1. The van der Waals surface area contributed by atoms with Crippen LogP contribution < -0.4 is 28.6 Å². The normalized spacial score (nSPS) is 16.4. The van der Waals surface area contributed by atoms with Crippen LogP contribution in [0, 0.1) is 0 Å². The van der Waals surface area contributed by atoms with Crippen LogP contribution in [0.5, 0.6) is 28.7 Å². The maximum Gasteiger partial charge on any atom is 0.239 e. The molecule has 1 amide bonds. The molecule has 10 nitrogen and oxygen atoms in total. The lowest BCUT2D eigenvalue weighted by Gasteiger charge is -2.45. The molecule has 0 bridgehead atoms. The predicted molar refractivity (Wildman–Crippen MR) is 133 cm³/mol. The highest BCUT2D eigenvalue weighted by Crippen LogP contribution is 2.48. The summed E-state index contributed by atoms with van der Waals surface area (Å²) >= 11 is 0. The molecule has 10 heteroatoms. The molecule has 0 radical (unpaired) electrons. The van der Waals surface area contributed by atoms with Gasteiger partial charge in [0.15, 0.2) is 23.0 Å². The average Bonchev–Trinajstić information content (AvgIpc) is 2.92. The van der Waals surface area contributed by atoms with E-state index in [4.69, 9.17) is 29.2 Å². The highest BCUT2D eigenvalue weighted by Gasteiger charge is 2.49. The molecule has 1 unspecified atom stereocenters. The summed E-state index contributed by atoms with van der Waals surface area (Å²) in [5.74, 6) is 1.89. The van der Waals surface area contributed by atoms with Gasteiger partial charge in [-0.05, 0) is 28.8 Å². The number of anilines is 1. The number of hydrogen-bond acceptors (Lipinski definition) is 7. The molecule has 1 heterocycles. The second-order valence-electron chi connectivity index (χ2n) is 7.87. The van der Waals surface area contributed by atoms with Crippen molar-refractivity contribution in [1.82, 2.24) is 0 Å². The van der Waals surface area contributed by atoms with E-state index in [1.54, 1.807) is 31.4 Å². The maximum atomic E-state index is 13.1. The van der Waals surface area contributed by atoms with Crippen LogP contribution in [0.1, 0.15) is 17.2 Å². The minimum atomic E-state index is -0.926. The van der Waals surface area contributed by atoms with E-state index in [-0.39, 0.29) is 5.91 Å². The Kier molecular flexibility index (Phi) is 7.36. The number of hydrogen-bond donors (Lipinski definition) is 0. The van der Waals surface area contributed by atoms with Crippen LogP contribution in [0.2, 0.25) is 0 Å². The molecule has 186 valence electrons. The van der Waals surface area contributed by atoms with Crippen molar-refractivity contribution in [3.63, 3.8) is 0 Å². The monoisotopic (exact) mass is 490 g/mol. The number of carbonyl (C=O) groups is 1. The second kappa shape index (κ2) is 10.8. The molecule has 4 rings (SSSR count). The maximum absolute atomic E-state index is 13.1. The number of nitrogens with zero attached hydrogens (tertiary/aromatic N) is 4. The van der Waals surface area contributed by atoms with E-state index in [0.717, 1.165) is 5.56 Å². The van der Waals surface area contributed by atoms with Gasteiger partial charge in [-0.25, -0.2) is 0 Å². The molecule has 0 aliphatic carbocycles. The summed E-state index contributed by atoms with van der Waals surface area (Å²) < 4.78 is 27.8. The van der Waals surface area contributed by atoms with Gasteiger partial charge in [-0.15, -0.1) is 0 Å². The third-order valence-corrected chi connectivity index (χ3v) is 5.94. The molecule has 1 aliphatic rings. The number of rotatable bonds is 10. The number of benzene rings is 3. The Labute approximate surface area is 208 Å². The van der Waals surface area contributed by atoms with Crippen molar-refractivity contribution in [3.8, 4) is 28.7 Å². The van der Waals surface area contributed by atoms with Gasteiger partial charge in [-0.1, -0.05) is 41.5 Å². The van der Waals surface area contributed by atoms with Crippen LogP contribution in [-0.2, 0) is 11.4 Å². The van der Waals surface area contributed by atoms with E-state index in [9.17, 15) is 4.79 Å². The van der Waals surface area contributed by atoms with Crippen LogP contribution in [-0.4, -0.2) is 40.4 Å². The largest absolute Gasteiger partial charge is 0.493 e. The smallest absolute Gasteiger partial charge is 0.239 e. The quantitative estimate of drug-likeness (QED) is 0.170. The second-order valence-corrected chi connectivity index (χ2v) is 7.87. The molecule has 1 aliphatic heterocycles. The van der Waals surface area contributed by atoms with Crippen molar-refractivity contribution >= 4 is 11.6 Å². The third-order valence-electron chi connectivity index (χ3n) is 5.94. The summed E-state index contributed by atoms with van der Waals surface area (Å²) in [6, 6.07) is 17.0. The molecule has 1 saturated heterocycles. The van der Waals surface area contributed by atoms with Gasteiger partial charge in [0.1, 0.15) is 12.6 Å². The minimum Gasteiger partial charge on any atom is -0.493 e. The molecule has 1 fully saturated rings. The Morgan fingerprint density at radius 1 is 0.861 bits per heavy atom. The topological polar surface area (TPSA) is 115 Å². The molecular formula is C26H26N4O6. The Hall–Kier alpha value is -4.56. The molecule has 0 N–H and O–H groups in total. The number of β-lactam (4-membered cyclic amide) rings is 1. The van der Waals surface area contributed by atoms with Crippen molar-refractivity contribution in [2.45, 2.75) is 18.7 Å². The first kappa shape index (κ1) is 24.6. The van der Waals surface area contributed by atoms with Gasteiger partial charge >= 0.3 is 0 Å². The summed E-state index contributed by atoms with van der Waals surface area (Å²) in [4.78, 5) is 17.5. The zero-order chi connectivity index (χ0) is 25.7. The molecule has 0 saturated carbocycles. The van der Waals surface area contributed by atoms with Crippen LogP contribution in [0.25, 0.3) is 10.4 Å². The Morgan fingerprint density at radius 2 is 1.53 bits per heavy atom. The van der Waals surface area contributed by atoms with Gasteiger partial charge in [0.25, 0.3) is 0 Å². The number of carbonyl (C=O) groups excluding carboxylic acids is 1. The molecule has 3 aromatic carbocycles. The molecule has 2 atom stereocenters. The van der Waals surface area contributed by atoms with Gasteiger partial charge in [-0.2, -0.15) is 0 Å². The van der Waals surface area contributed by atoms with E-state index < -0.39 is 12.1 Å². The predicted octanol–water partition coefficient (Wildman–Crippen LogP) is 5.07. The molecule has 0 aromatic heterocycles. The van der Waals surface area contributed by atoms with Crippen LogP contribution in [0.15, 0.2) is 65.8 Å². The van der Waals surface area contributed by atoms with Crippen molar-refractivity contribution in [3.05, 3.63) is 82.2 Å².